The fourth-order valence-electron chi connectivity index (χ4n) is 8.10. The molecule has 0 unspecified atom stereocenters. The predicted octanol–water partition coefficient (Wildman–Crippen LogP) is 10.5. The van der Waals surface area contributed by atoms with Gasteiger partial charge in [-0.25, -0.2) is 15.0 Å². The summed E-state index contributed by atoms with van der Waals surface area (Å²) in [6.07, 6.45) is 0. The molecule has 4 nitrogen and oxygen atoms in total. The number of benzene rings is 7. The molecule has 0 amide bonds. The summed E-state index contributed by atoms with van der Waals surface area (Å²) in [5, 5.41) is 0. The lowest BCUT2D eigenvalue weighted by atomic mass is 9.70. The van der Waals surface area contributed by atoms with Crippen molar-refractivity contribution in [3.8, 4) is 67.5 Å². The average Bonchev–Trinajstić information content (AvgIpc) is 3.65. The van der Waals surface area contributed by atoms with Gasteiger partial charge in [-0.3, -0.25) is 0 Å². The van der Waals surface area contributed by atoms with E-state index in [1.54, 1.807) is 0 Å². The van der Waals surface area contributed by atoms with Crippen LogP contribution in [-0.2, 0) is 5.41 Å². The second-order valence-electron chi connectivity index (χ2n) is 13.0. The molecule has 7 aromatic carbocycles. The Kier molecular flexibility index (Phi) is 6.21. The Morgan fingerprint density at radius 2 is 0.720 bits per heavy atom. The minimum atomic E-state index is -0.389. The molecule has 0 radical (unpaired) electrons. The van der Waals surface area contributed by atoms with Crippen LogP contribution < -0.4 is 5.73 Å². The summed E-state index contributed by atoms with van der Waals surface area (Å²) in [5.41, 5.74) is 22.2. The number of hydrogen-bond acceptors (Lipinski definition) is 4. The highest BCUT2D eigenvalue weighted by atomic mass is 15.0. The number of nitrogen functional groups attached to an aromatic ring is 1. The Morgan fingerprint density at radius 3 is 1.28 bits per heavy atom. The van der Waals surface area contributed by atoms with Crippen molar-refractivity contribution < 1.29 is 0 Å². The summed E-state index contributed by atoms with van der Waals surface area (Å²) in [7, 11) is 0. The van der Waals surface area contributed by atoms with Crippen LogP contribution in [0.3, 0.4) is 0 Å². The molecule has 0 saturated carbocycles. The van der Waals surface area contributed by atoms with Gasteiger partial charge >= 0.3 is 0 Å². The predicted molar refractivity (Wildman–Crippen MR) is 202 cm³/mol. The minimum Gasteiger partial charge on any atom is -0.399 e. The van der Waals surface area contributed by atoms with Gasteiger partial charge in [0.1, 0.15) is 0 Å². The maximum absolute atomic E-state index is 6.46. The van der Waals surface area contributed by atoms with Crippen LogP contribution in [0.15, 0.2) is 170 Å². The number of anilines is 1. The topological polar surface area (TPSA) is 64.7 Å². The third-order valence-electron chi connectivity index (χ3n) is 10.3. The highest BCUT2D eigenvalue weighted by Crippen LogP contribution is 2.63. The highest BCUT2D eigenvalue weighted by Gasteiger charge is 2.51. The van der Waals surface area contributed by atoms with Gasteiger partial charge < -0.3 is 5.73 Å². The molecule has 0 saturated heterocycles. The zero-order chi connectivity index (χ0) is 33.2. The van der Waals surface area contributed by atoms with E-state index in [9.17, 15) is 0 Å². The van der Waals surface area contributed by atoms with Crippen molar-refractivity contribution in [1.29, 1.82) is 0 Å². The summed E-state index contributed by atoms with van der Waals surface area (Å²) in [4.78, 5) is 14.7. The van der Waals surface area contributed by atoms with E-state index in [0.717, 1.165) is 33.5 Å². The maximum Gasteiger partial charge on any atom is 0.164 e. The largest absolute Gasteiger partial charge is 0.399 e. The van der Waals surface area contributed by atoms with Gasteiger partial charge in [0.05, 0.1) is 5.41 Å². The summed E-state index contributed by atoms with van der Waals surface area (Å²) >= 11 is 0. The van der Waals surface area contributed by atoms with E-state index in [1.165, 1.54) is 44.5 Å². The molecule has 1 heterocycles. The standard InChI is InChI=1S/C46H30N4/c47-34-24-26-42-38(28-34)37-27-33(23-25-41(37)46(42)39-17-9-7-15-35(39)36-16-8-10-18-40(36)46)29-19-21-32(22-20-29)45-49-43(30-11-3-1-4-12-30)48-44(50-45)31-13-5-2-6-14-31/h1-28H,47H2. The molecule has 1 spiro atoms. The number of nitrogens with zero attached hydrogens (tertiary/aromatic N) is 3. The first-order valence-corrected chi connectivity index (χ1v) is 16.9. The SMILES string of the molecule is Nc1ccc2c(c1)-c1cc(-c3ccc(-c4nc(-c5ccccc5)nc(-c5ccccc5)n4)cc3)ccc1C21c2ccccc2-c2ccccc21. The molecule has 0 atom stereocenters. The van der Waals surface area contributed by atoms with Gasteiger partial charge in [-0.1, -0.05) is 152 Å². The van der Waals surface area contributed by atoms with Gasteiger partial charge in [0.25, 0.3) is 0 Å². The Labute approximate surface area is 290 Å². The number of rotatable bonds is 4. The molecule has 10 rings (SSSR count). The molecule has 234 valence electrons. The van der Waals surface area contributed by atoms with Gasteiger partial charge in [-0.2, -0.15) is 0 Å². The molecule has 0 aliphatic heterocycles. The lowest BCUT2D eigenvalue weighted by Gasteiger charge is -2.30. The van der Waals surface area contributed by atoms with E-state index in [1.807, 2.05) is 66.7 Å². The van der Waals surface area contributed by atoms with Crippen LogP contribution in [0.4, 0.5) is 5.69 Å². The summed E-state index contributed by atoms with van der Waals surface area (Å²) in [6.45, 7) is 0. The first-order valence-electron chi connectivity index (χ1n) is 16.9. The van der Waals surface area contributed by atoms with E-state index >= 15 is 0 Å². The fraction of sp³-hybridized carbons (Fsp3) is 0.0217. The van der Waals surface area contributed by atoms with Gasteiger partial charge in [-0.15, -0.1) is 0 Å². The first-order chi connectivity index (χ1) is 24.7. The number of fused-ring (bicyclic) bond motifs is 10. The summed E-state index contributed by atoms with van der Waals surface area (Å²) in [5.74, 6) is 1.95. The van der Waals surface area contributed by atoms with E-state index in [-0.39, 0.29) is 5.41 Å². The molecule has 2 aliphatic carbocycles. The van der Waals surface area contributed by atoms with E-state index in [0.29, 0.717) is 17.5 Å². The Bertz CT molecular complexity index is 2490. The summed E-state index contributed by atoms with van der Waals surface area (Å²) in [6, 6.07) is 59.8. The minimum absolute atomic E-state index is 0.389. The number of nitrogens with two attached hydrogens (primary N) is 1. The van der Waals surface area contributed by atoms with Gasteiger partial charge in [0, 0.05) is 22.4 Å². The lowest BCUT2D eigenvalue weighted by Crippen LogP contribution is -2.25. The molecule has 0 bridgehead atoms. The number of aromatic nitrogens is 3. The summed E-state index contributed by atoms with van der Waals surface area (Å²) < 4.78 is 0. The zero-order valence-electron chi connectivity index (χ0n) is 27.1. The van der Waals surface area contributed by atoms with Crippen molar-refractivity contribution >= 4 is 5.69 Å². The van der Waals surface area contributed by atoms with Crippen LogP contribution in [0.5, 0.6) is 0 Å². The Morgan fingerprint density at radius 1 is 0.320 bits per heavy atom. The highest BCUT2D eigenvalue weighted by molar-refractivity contribution is 5.96. The van der Waals surface area contributed by atoms with Crippen LogP contribution in [0.25, 0.3) is 67.5 Å². The molecule has 2 N–H and O–H groups in total. The molecule has 4 heteroatoms. The van der Waals surface area contributed by atoms with Crippen LogP contribution in [0.2, 0.25) is 0 Å². The first kappa shape index (κ1) is 28.4. The van der Waals surface area contributed by atoms with E-state index in [2.05, 4.69) is 103 Å². The molecule has 8 aromatic rings. The maximum atomic E-state index is 6.46. The van der Waals surface area contributed by atoms with Gasteiger partial charge in [-0.05, 0) is 73.8 Å². The Balaban J connectivity index is 1.09. The zero-order valence-corrected chi connectivity index (χ0v) is 27.1. The molecule has 0 fully saturated rings. The van der Waals surface area contributed by atoms with Crippen molar-refractivity contribution in [1.82, 2.24) is 15.0 Å². The van der Waals surface area contributed by atoms with Crippen LogP contribution in [-0.4, -0.2) is 15.0 Å². The van der Waals surface area contributed by atoms with Crippen LogP contribution in [0.1, 0.15) is 22.3 Å². The third kappa shape index (κ3) is 4.15. The smallest absolute Gasteiger partial charge is 0.164 e. The second kappa shape index (κ2) is 10.9. The van der Waals surface area contributed by atoms with Crippen molar-refractivity contribution in [3.63, 3.8) is 0 Å². The van der Waals surface area contributed by atoms with E-state index < -0.39 is 0 Å². The number of hydrogen-bond donors (Lipinski definition) is 1. The van der Waals surface area contributed by atoms with Gasteiger partial charge in [0.2, 0.25) is 0 Å². The molecule has 50 heavy (non-hydrogen) atoms. The molecular formula is C46H30N4. The van der Waals surface area contributed by atoms with Crippen LogP contribution >= 0.6 is 0 Å². The van der Waals surface area contributed by atoms with Gasteiger partial charge in [0.15, 0.2) is 17.5 Å². The third-order valence-corrected chi connectivity index (χ3v) is 10.3. The lowest BCUT2D eigenvalue weighted by molar-refractivity contribution is 0.794. The van der Waals surface area contributed by atoms with Crippen molar-refractivity contribution in [2.75, 3.05) is 5.73 Å². The monoisotopic (exact) mass is 638 g/mol. The van der Waals surface area contributed by atoms with Crippen LogP contribution in [0, 0.1) is 0 Å². The quantitative estimate of drug-likeness (QED) is 0.195. The molecule has 2 aliphatic rings. The molecule has 1 aromatic heterocycles. The molecular weight excluding hydrogens is 609 g/mol. The second-order valence-corrected chi connectivity index (χ2v) is 13.0. The van der Waals surface area contributed by atoms with Crippen molar-refractivity contribution in [3.05, 3.63) is 192 Å². The normalized spacial score (nSPS) is 13.0. The van der Waals surface area contributed by atoms with Crippen molar-refractivity contribution in [2.24, 2.45) is 0 Å². The average molecular weight is 639 g/mol. The fourth-order valence-corrected chi connectivity index (χ4v) is 8.10. The van der Waals surface area contributed by atoms with Crippen molar-refractivity contribution in [2.45, 2.75) is 5.41 Å². The Hall–Kier alpha value is -6.65. The van der Waals surface area contributed by atoms with E-state index in [4.69, 9.17) is 20.7 Å².